The van der Waals surface area contributed by atoms with Gasteiger partial charge in [0.05, 0.1) is 0 Å². The Kier molecular flexibility index (Phi) is 3.11. The Balaban J connectivity index is 2.92. The summed E-state index contributed by atoms with van der Waals surface area (Å²) >= 11 is 2.15. The van der Waals surface area contributed by atoms with Gasteiger partial charge in [0.2, 0.25) is 0 Å². The summed E-state index contributed by atoms with van der Waals surface area (Å²) < 4.78 is 1.05. The molecule has 0 unspecified atom stereocenters. The van der Waals surface area contributed by atoms with Gasteiger partial charge in [0.1, 0.15) is 0 Å². The van der Waals surface area contributed by atoms with Crippen molar-refractivity contribution in [1.82, 2.24) is 0 Å². The minimum atomic E-state index is -1.10. The van der Waals surface area contributed by atoms with Gasteiger partial charge in [-0.25, -0.2) is 4.79 Å². The maximum absolute atomic E-state index is 10.1. The van der Waals surface area contributed by atoms with E-state index in [0.29, 0.717) is 0 Å². The van der Waals surface area contributed by atoms with Crippen LogP contribution in [0.1, 0.15) is 5.56 Å². The highest BCUT2D eigenvalue weighted by atomic mass is 127. The molecule has 0 saturated heterocycles. The van der Waals surface area contributed by atoms with Gasteiger partial charge < -0.3 is 5.11 Å². The summed E-state index contributed by atoms with van der Waals surface area (Å²) in [6.07, 6.45) is 0. The molecule has 60 valence electrons. The smallest absolute Gasteiger partial charge is 0.382 e. The quantitative estimate of drug-likeness (QED) is 0.577. The van der Waals surface area contributed by atoms with E-state index in [1.165, 1.54) is 0 Å². The SMILES string of the molecule is O=C(O)C#Cc1cccc(I)c1. The second kappa shape index (κ2) is 4.12. The van der Waals surface area contributed by atoms with Crippen LogP contribution in [0.4, 0.5) is 0 Å². The molecule has 0 radical (unpaired) electrons. The zero-order valence-electron chi connectivity index (χ0n) is 6.04. The Bertz CT molecular complexity index is 360. The van der Waals surface area contributed by atoms with Crippen molar-refractivity contribution in [3.8, 4) is 11.8 Å². The van der Waals surface area contributed by atoms with Gasteiger partial charge >= 0.3 is 5.97 Å². The predicted molar refractivity (Wildman–Crippen MR) is 53.7 cm³/mol. The molecule has 0 heterocycles. The molecule has 1 N–H and O–H groups in total. The van der Waals surface area contributed by atoms with E-state index < -0.39 is 5.97 Å². The average Bonchev–Trinajstić information content (AvgIpc) is 2.01. The number of hydrogen-bond donors (Lipinski definition) is 1. The highest BCUT2D eigenvalue weighted by Crippen LogP contribution is 2.05. The van der Waals surface area contributed by atoms with E-state index in [2.05, 4.69) is 34.4 Å². The molecule has 0 saturated carbocycles. The Labute approximate surface area is 83.7 Å². The molecule has 2 nitrogen and oxygen atoms in total. The van der Waals surface area contributed by atoms with E-state index in [4.69, 9.17) is 5.11 Å². The van der Waals surface area contributed by atoms with Crippen molar-refractivity contribution in [3.63, 3.8) is 0 Å². The van der Waals surface area contributed by atoms with Crippen molar-refractivity contribution in [1.29, 1.82) is 0 Å². The van der Waals surface area contributed by atoms with Gasteiger partial charge in [-0.2, -0.15) is 0 Å². The highest BCUT2D eigenvalue weighted by molar-refractivity contribution is 14.1. The molecular weight excluding hydrogens is 267 g/mol. The van der Waals surface area contributed by atoms with Gasteiger partial charge in [0.15, 0.2) is 0 Å². The van der Waals surface area contributed by atoms with Crippen LogP contribution in [-0.4, -0.2) is 11.1 Å². The number of carboxylic acid groups (broad SMARTS) is 1. The van der Waals surface area contributed by atoms with Crippen molar-refractivity contribution in [3.05, 3.63) is 33.4 Å². The van der Waals surface area contributed by atoms with Crippen molar-refractivity contribution in [2.45, 2.75) is 0 Å². The Morgan fingerprint density at radius 3 is 2.83 bits per heavy atom. The van der Waals surface area contributed by atoms with Crippen LogP contribution in [0, 0.1) is 15.4 Å². The number of hydrogen-bond acceptors (Lipinski definition) is 1. The van der Waals surface area contributed by atoms with Crippen LogP contribution < -0.4 is 0 Å². The molecule has 12 heavy (non-hydrogen) atoms. The summed E-state index contributed by atoms with van der Waals surface area (Å²) in [7, 11) is 0. The number of halogens is 1. The second-order valence-electron chi connectivity index (χ2n) is 2.07. The summed E-state index contributed by atoms with van der Waals surface area (Å²) in [6.45, 7) is 0. The summed E-state index contributed by atoms with van der Waals surface area (Å²) in [5, 5.41) is 8.27. The van der Waals surface area contributed by atoms with Crippen LogP contribution in [0.15, 0.2) is 24.3 Å². The summed E-state index contributed by atoms with van der Waals surface area (Å²) in [4.78, 5) is 10.1. The molecule has 0 aromatic heterocycles. The fourth-order valence-electron chi connectivity index (χ4n) is 0.692. The van der Waals surface area contributed by atoms with Gasteiger partial charge in [-0.1, -0.05) is 12.0 Å². The predicted octanol–water partition coefficient (Wildman–Crippen LogP) is 1.73. The fourth-order valence-corrected chi connectivity index (χ4v) is 1.23. The van der Waals surface area contributed by atoms with Gasteiger partial charge in [0.25, 0.3) is 0 Å². The Morgan fingerprint density at radius 1 is 1.50 bits per heavy atom. The number of carboxylic acids is 1. The first-order valence-electron chi connectivity index (χ1n) is 3.19. The van der Waals surface area contributed by atoms with Crippen molar-refractivity contribution < 1.29 is 9.90 Å². The molecule has 0 spiro atoms. The molecule has 3 heteroatoms. The van der Waals surface area contributed by atoms with Gasteiger partial charge in [-0.15, -0.1) is 0 Å². The van der Waals surface area contributed by atoms with Crippen LogP contribution in [-0.2, 0) is 4.79 Å². The number of carbonyl (C=O) groups is 1. The fraction of sp³-hybridized carbons (Fsp3) is 0. The number of aliphatic carboxylic acids is 1. The largest absolute Gasteiger partial charge is 0.472 e. The third-order valence-electron chi connectivity index (χ3n) is 1.14. The maximum Gasteiger partial charge on any atom is 0.382 e. The molecule has 0 aliphatic carbocycles. The Morgan fingerprint density at radius 2 is 2.25 bits per heavy atom. The van der Waals surface area contributed by atoms with Crippen LogP contribution in [0.2, 0.25) is 0 Å². The lowest BCUT2D eigenvalue weighted by Crippen LogP contribution is -1.87. The summed E-state index contributed by atoms with van der Waals surface area (Å²) in [5.41, 5.74) is 0.726. The van der Waals surface area contributed by atoms with Crippen molar-refractivity contribution in [2.75, 3.05) is 0 Å². The first-order valence-corrected chi connectivity index (χ1v) is 4.27. The third kappa shape index (κ3) is 2.93. The van der Waals surface area contributed by atoms with Crippen molar-refractivity contribution in [2.24, 2.45) is 0 Å². The highest BCUT2D eigenvalue weighted by Gasteiger charge is 1.89. The molecule has 0 fully saturated rings. The normalized spacial score (nSPS) is 8.42. The molecule has 0 aliphatic heterocycles. The first-order chi connectivity index (χ1) is 5.68. The van der Waals surface area contributed by atoms with Crippen LogP contribution in [0.25, 0.3) is 0 Å². The number of rotatable bonds is 0. The zero-order chi connectivity index (χ0) is 8.97. The van der Waals surface area contributed by atoms with E-state index >= 15 is 0 Å². The number of benzene rings is 1. The maximum atomic E-state index is 10.1. The van der Waals surface area contributed by atoms with Gasteiger partial charge in [0, 0.05) is 15.1 Å². The van der Waals surface area contributed by atoms with Gasteiger partial charge in [-0.3, -0.25) is 0 Å². The van der Waals surface area contributed by atoms with Crippen molar-refractivity contribution >= 4 is 28.6 Å². The van der Waals surface area contributed by atoms with Crippen LogP contribution in [0.5, 0.6) is 0 Å². The van der Waals surface area contributed by atoms with E-state index in [1.54, 1.807) is 6.07 Å². The molecule has 1 aromatic rings. The topological polar surface area (TPSA) is 37.3 Å². The second-order valence-corrected chi connectivity index (χ2v) is 3.31. The summed E-state index contributed by atoms with van der Waals surface area (Å²) in [5.74, 6) is 3.48. The first kappa shape index (κ1) is 9.07. The lowest BCUT2D eigenvalue weighted by atomic mass is 10.2. The van der Waals surface area contributed by atoms with Gasteiger partial charge in [-0.05, 0) is 40.8 Å². The molecule has 0 bridgehead atoms. The minimum absolute atomic E-state index is 0.726. The van der Waals surface area contributed by atoms with E-state index in [9.17, 15) is 4.79 Å². The summed E-state index contributed by atoms with van der Waals surface area (Å²) in [6, 6.07) is 7.37. The van der Waals surface area contributed by atoms with E-state index in [1.807, 2.05) is 18.2 Å². The molecular formula is C9H5IO2. The lowest BCUT2D eigenvalue weighted by molar-refractivity contribution is -0.130. The third-order valence-corrected chi connectivity index (χ3v) is 1.81. The molecule has 0 atom stereocenters. The molecule has 0 aliphatic rings. The molecule has 1 rings (SSSR count). The minimum Gasteiger partial charge on any atom is -0.472 e. The van der Waals surface area contributed by atoms with Crippen LogP contribution >= 0.6 is 22.6 Å². The van der Waals surface area contributed by atoms with Crippen LogP contribution in [0.3, 0.4) is 0 Å². The standard InChI is InChI=1S/C9H5IO2/c10-8-3-1-2-7(6-8)4-5-9(11)12/h1-3,6H,(H,11,12). The average molecular weight is 272 g/mol. The lowest BCUT2D eigenvalue weighted by Gasteiger charge is -1.89. The molecule has 0 amide bonds. The zero-order valence-corrected chi connectivity index (χ0v) is 8.20. The monoisotopic (exact) mass is 272 g/mol. The Hall–Kier alpha value is -1.02. The van der Waals surface area contributed by atoms with E-state index in [-0.39, 0.29) is 0 Å². The van der Waals surface area contributed by atoms with E-state index in [0.717, 1.165) is 9.13 Å². The molecule has 1 aromatic carbocycles.